The molecule has 2 N–H and O–H groups in total. The van der Waals surface area contributed by atoms with Crippen molar-refractivity contribution in [1.82, 2.24) is 9.62 Å². The fraction of sp³-hybridized carbons (Fsp3) is 0.294. The molecule has 0 amide bonds. The summed E-state index contributed by atoms with van der Waals surface area (Å²) in [5.74, 6) is -0.374. The van der Waals surface area contributed by atoms with Gasteiger partial charge in [-0.05, 0) is 43.9 Å². The second kappa shape index (κ2) is 8.89. The summed E-state index contributed by atoms with van der Waals surface area (Å²) < 4.78 is 39.9. The first kappa shape index (κ1) is 20.7. The van der Waals surface area contributed by atoms with Crippen LogP contribution in [0, 0.1) is 15.9 Å². The van der Waals surface area contributed by atoms with Crippen molar-refractivity contribution < 1.29 is 17.7 Å². The molecule has 2 aromatic rings. The molecule has 0 radical (unpaired) electrons. The van der Waals surface area contributed by atoms with Crippen LogP contribution in [-0.2, 0) is 16.6 Å². The molecule has 146 valence electrons. The van der Waals surface area contributed by atoms with Crippen molar-refractivity contribution in [3.8, 4) is 0 Å². The topological polar surface area (TPSA) is 105 Å². The molecule has 0 bridgehead atoms. The van der Waals surface area contributed by atoms with Crippen LogP contribution >= 0.6 is 0 Å². The van der Waals surface area contributed by atoms with Gasteiger partial charge in [-0.3, -0.25) is 10.1 Å². The van der Waals surface area contributed by atoms with E-state index < -0.39 is 14.9 Å². The van der Waals surface area contributed by atoms with Gasteiger partial charge in [-0.2, -0.15) is 0 Å². The lowest BCUT2D eigenvalue weighted by Gasteiger charge is -2.12. The first-order chi connectivity index (χ1) is 12.7. The largest absolute Gasteiger partial charge is 0.375 e. The number of nitrogens with zero attached hydrogens (tertiary/aromatic N) is 2. The van der Waals surface area contributed by atoms with Crippen molar-refractivity contribution >= 4 is 21.4 Å². The summed E-state index contributed by atoms with van der Waals surface area (Å²) in [6.07, 6.45) is 0. The maximum Gasteiger partial charge on any atom is 0.293 e. The molecule has 0 aliphatic carbocycles. The van der Waals surface area contributed by atoms with Crippen LogP contribution in [-0.4, -0.2) is 45.4 Å². The molecule has 0 unspecified atom stereocenters. The van der Waals surface area contributed by atoms with E-state index in [0.717, 1.165) is 11.6 Å². The Hall–Kier alpha value is -2.56. The predicted octanol–water partition coefficient (Wildman–Crippen LogP) is 2.19. The average Bonchev–Trinajstić information content (AvgIpc) is 2.60. The minimum Gasteiger partial charge on any atom is -0.375 e. The lowest BCUT2D eigenvalue weighted by Crippen LogP contribution is -2.31. The summed E-state index contributed by atoms with van der Waals surface area (Å²) in [5, 5.41) is 14.2. The molecule has 0 atom stereocenters. The molecule has 2 rings (SSSR count). The SMILES string of the molecule is CN(C)CCNS(=O)(=O)c1ccc(NCc2ccc(F)cc2)c([N+](=O)[O-])c1. The molecule has 0 aliphatic heterocycles. The van der Waals surface area contributed by atoms with Crippen LogP contribution in [0.15, 0.2) is 47.4 Å². The Bertz CT molecular complexity index is 902. The van der Waals surface area contributed by atoms with Crippen molar-refractivity contribution in [3.63, 3.8) is 0 Å². The third-order valence-electron chi connectivity index (χ3n) is 3.72. The van der Waals surface area contributed by atoms with E-state index in [4.69, 9.17) is 0 Å². The van der Waals surface area contributed by atoms with Crippen molar-refractivity contribution in [2.24, 2.45) is 0 Å². The highest BCUT2D eigenvalue weighted by Gasteiger charge is 2.21. The van der Waals surface area contributed by atoms with Crippen LogP contribution in [0.3, 0.4) is 0 Å². The third kappa shape index (κ3) is 5.98. The quantitative estimate of drug-likeness (QED) is 0.497. The van der Waals surface area contributed by atoms with Crippen molar-refractivity contribution in [2.75, 3.05) is 32.5 Å². The van der Waals surface area contributed by atoms with Crippen molar-refractivity contribution in [1.29, 1.82) is 0 Å². The Morgan fingerprint density at radius 1 is 1.15 bits per heavy atom. The molecule has 0 spiro atoms. The van der Waals surface area contributed by atoms with Gasteiger partial charge in [0.1, 0.15) is 11.5 Å². The standard InChI is InChI=1S/C17H21FN4O4S/c1-21(2)10-9-20-27(25,26)15-7-8-16(17(11-15)22(23)24)19-12-13-3-5-14(18)6-4-13/h3-8,11,19-20H,9-10,12H2,1-2H3. The maximum atomic E-state index is 12.9. The molecule has 27 heavy (non-hydrogen) atoms. The Balaban J connectivity index is 2.18. The van der Waals surface area contributed by atoms with Gasteiger partial charge in [0.15, 0.2) is 0 Å². The number of benzene rings is 2. The highest BCUT2D eigenvalue weighted by molar-refractivity contribution is 7.89. The summed E-state index contributed by atoms with van der Waals surface area (Å²) in [7, 11) is -0.239. The first-order valence-electron chi connectivity index (χ1n) is 8.10. The smallest absolute Gasteiger partial charge is 0.293 e. The number of nitrogens with one attached hydrogen (secondary N) is 2. The molecule has 0 fully saturated rings. The number of likely N-dealkylation sites (N-methyl/N-ethyl adjacent to an activating group) is 1. The molecule has 0 saturated carbocycles. The van der Waals surface area contributed by atoms with Gasteiger partial charge in [-0.25, -0.2) is 17.5 Å². The summed E-state index contributed by atoms with van der Waals surface area (Å²) in [6.45, 7) is 0.917. The van der Waals surface area contributed by atoms with Crippen molar-refractivity contribution in [2.45, 2.75) is 11.4 Å². The van der Waals surface area contributed by atoms with Crippen LogP contribution in [0.2, 0.25) is 0 Å². The van der Waals surface area contributed by atoms with Gasteiger partial charge in [0, 0.05) is 25.7 Å². The predicted molar refractivity (Wildman–Crippen MR) is 101 cm³/mol. The van der Waals surface area contributed by atoms with Gasteiger partial charge >= 0.3 is 0 Å². The van der Waals surface area contributed by atoms with Gasteiger partial charge in [0.05, 0.1) is 9.82 Å². The summed E-state index contributed by atoms with van der Waals surface area (Å²) in [6, 6.07) is 9.37. The van der Waals surface area contributed by atoms with E-state index in [1.165, 1.54) is 24.3 Å². The van der Waals surface area contributed by atoms with E-state index in [1.807, 2.05) is 4.90 Å². The number of rotatable bonds is 9. The fourth-order valence-electron chi connectivity index (χ4n) is 2.27. The second-order valence-corrected chi connectivity index (χ2v) is 7.88. The van der Waals surface area contributed by atoms with E-state index >= 15 is 0 Å². The highest BCUT2D eigenvalue weighted by Crippen LogP contribution is 2.28. The van der Waals surface area contributed by atoms with Crippen molar-refractivity contribution in [3.05, 3.63) is 64.0 Å². The molecule has 0 heterocycles. The minimum absolute atomic E-state index is 0.177. The number of nitro groups is 1. The summed E-state index contributed by atoms with van der Waals surface area (Å²) in [5.41, 5.74) is 0.553. The van der Waals surface area contributed by atoms with Gasteiger partial charge in [0.25, 0.3) is 5.69 Å². The monoisotopic (exact) mass is 396 g/mol. The zero-order chi connectivity index (χ0) is 20.0. The summed E-state index contributed by atoms with van der Waals surface area (Å²) >= 11 is 0. The Labute approximate surface area is 157 Å². The van der Waals surface area contributed by atoms with Crippen LogP contribution in [0.5, 0.6) is 0 Å². The second-order valence-electron chi connectivity index (χ2n) is 6.12. The van der Waals surface area contributed by atoms with E-state index in [2.05, 4.69) is 10.0 Å². The highest BCUT2D eigenvalue weighted by atomic mass is 32.2. The molecule has 2 aromatic carbocycles. The van der Waals surface area contributed by atoms with E-state index in [1.54, 1.807) is 26.2 Å². The van der Waals surface area contributed by atoms with Crippen LogP contribution in [0.4, 0.5) is 15.8 Å². The van der Waals surface area contributed by atoms with Gasteiger partial charge in [0.2, 0.25) is 10.0 Å². The average molecular weight is 396 g/mol. The number of anilines is 1. The molecule has 0 aliphatic rings. The molecular weight excluding hydrogens is 375 g/mol. The minimum atomic E-state index is -3.85. The first-order valence-corrected chi connectivity index (χ1v) is 9.58. The van der Waals surface area contributed by atoms with E-state index in [9.17, 15) is 22.9 Å². The number of nitro benzene ring substituents is 1. The van der Waals surface area contributed by atoms with Crippen LogP contribution in [0.25, 0.3) is 0 Å². The number of hydrogen-bond donors (Lipinski definition) is 2. The fourth-order valence-corrected chi connectivity index (χ4v) is 3.31. The van der Waals surface area contributed by atoms with E-state index in [0.29, 0.717) is 6.54 Å². The zero-order valence-electron chi connectivity index (χ0n) is 15.0. The van der Waals surface area contributed by atoms with Crippen LogP contribution in [0.1, 0.15) is 5.56 Å². The number of hydrogen-bond acceptors (Lipinski definition) is 6. The maximum absolute atomic E-state index is 12.9. The lowest BCUT2D eigenvalue weighted by atomic mass is 10.2. The Morgan fingerprint density at radius 2 is 1.81 bits per heavy atom. The molecule has 0 aromatic heterocycles. The molecular formula is C17H21FN4O4S. The van der Waals surface area contributed by atoms with Gasteiger partial charge in [-0.1, -0.05) is 12.1 Å². The lowest BCUT2D eigenvalue weighted by molar-refractivity contribution is -0.384. The molecule has 0 saturated heterocycles. The Morgan fingerprint density at radius 3 is 2.41 bits per heavy atom. The molecule has 10 heteroatoms. The molecule has 8 nitrogen and oxygen atoms in total. The van der Waals surface area contributed by atoms with Gasteiger partial charge in [-0.15, -0.1) is 0 Å². The van der Waals surface area contributed by atoms with Crippen LogP contribution < -0.4 is 10.0 Å². The Kier molecular flexibility index (Phi) is 6.83. The number of sulfonamides is 1. The zero-order valence-corrected chi connectivity index (χ0v) is 15.8. The van der Waals surface area contributed by atoms with E-state index in [-0.39, 0.29) is 35.2 Å². The number of halogens is 1. The normalized spacial score (nSPS) is 11.6. The third-order valence-corrected chi connectivity index (χ3v) is 5.18. The summed E-state index contributed by atoms with van der Waals surface area (Å²) in [4.78, 5) is 12.3. The van der Waals surface area contributed by atoms with Gasteiger partial charge < -0.3 is 10.2 Å².